The third-order valence-electron chi connectivity index (χ3n) is 12.3. The van der Waals surface area contributed by atoms with Crippen LogP contribution in [0.15, 0.2) is 30.3 Å². The second kappa shape index (κ2) is 10.7. The van der Waals surface area contributed by atoms with Crippen LogP contribution in [0.1, 0.15) is 101 Å². The van der Waals surface area contributed by atoms with Gasteiger partial charge >= 0.3 is 5.97 Å². The average Bonchev–Trinajstić information content (AvgIpc) is 3.27. The normalized spacial score (nSPS) is 43.2. The lowest BCUT2D eigenvalue weighted by molar-refractivity contribution is -0.203. The second-order valence-corrected chi connectivity index (χ2v) is 13.8. The van der Waals surface area contributed by atoms with Crippen LogP contribution in [0.4, 0.5) is 0 Å². The summed E-state index contributed by atoms with van der Waals surface area (Å²) in [5.74, 6) is 3.25. The number of aliphatic hydroxyl groups excluding tert-OH is 2. The molecule has 4 nitrogen and oxygen atoms in total. The van der Waals surface area contributed by atoms with E-state index >= 15 is 0 Å². The number of rotatable bonds is 6. The predicted octanol–water partition coefficient (Wildman–Crippen LogP) is 7.14. The number of ether oxygens (including phenoxy) is 1. The van der Waals surface area contributed by atoms with Crippen LogP contribution in [0.3, 0.4) is 0 Å². The molecule has 0 heterocycles. The number of allylic oxidation sites excluding steroid dienone is 1. The molecule has 2 N–H and O–H groups in total. The van der Waals surface area contributed by atoms with Crippen molar-refractivity contribution >= 4 is 12.0 Å². The van der Waals surface area contributed by atoms with Crippen molar-refractivity contribution < 1.29 is 19.7 Å². The SMILES string of the molecule is CC[C@@H]1C2C[C@H](O)CCC2(C)[C@H]2CC[C@]3(C)[C@@H]([C@H](C)C/C=C/c4ccccc4C(=O)OC)CC[C@H]3[C@@H]2[C@@H]1O. The number of carbonyl (C=O) groups excluding carboxylic acids is 1. The molecule has 5 rings (SSSR count). The maximum absolute atomic E-state index is 12.2. The Morgan fingerprint density at radius 3 is 2.50 bits per heavy atom. The van der Waals surface area contributed by atoms with Gasteiger partial charge in [0, 0.05) is 0 Å². The number of hydrogen-bond donors (Lipinski definition) is 2. The van der Waals surface area contributed by atoms with Gasteiger partial charge in [0.2, 0.25) is 0 Å². The van der Waals surface area contributed by atoms with Crippen molar-refractivity contribution in [2.24, 2.45) is 52.3 Å². The standard InChI is InChI=1S/C34H50O4/c1-6-24-29-20-23(35)16-18-34(29,4)28-17-19-33(3)26(14-15-27(33)30(28)31(24)36)21(2)10-9-12-22-11-7-8-13-25(22)32(37)38-5/h7-9,11-13,21,23-24,26-31,35-36H,6,10,14-20H2,1-5H3/b12-9+/t21-,23-,24-,26-,27+,28+,29?,30+,31-,33-,34?/m1/s1. The summed E-state index contributed by atoms with van der Waals surface area (Å²) in [5.41, 5.74) is 2.06. The van der Waals surface area contributed by atoms with Crippen LogP contribution in [0, 0.1) is 52.3 Å². The summed E-state index contributed by atoms with van der Waals surface area (Å²) in [5, 5.41) is 22.5. The van der Waals surface area contributed by atoms with Crippen molar-refractivity contribution in [3.8, 4) is 0 Å². The zero-order valence-corrected chi connectivity index (χ0v) is 24.2. The number of methoxy groups -OCH3 is 1. The molecule has 1 aromatic rings. The number of esters is 1. The Morgan fingerprint density at radius 1 is 1.05 bits per heavy atom. The zero-order chi connectivity index (χ0) is 27.2. The van der Waals surface area contributed by atoms with E-state index in [0.717, 1.165) is 37.7 Å². The van der Waals surface area contributed by atoms with E-state index in [0.29, 0.717) is 47.0 Å². The molecule has 1 aromatic carbocycles. The van der Waals surface area contributed by atoms with E-state index in [1.807, 2.05) is 24.3 Å². The van der Waals surface area contributed by atoms with Gasteiger partial charge in [-0.1, -0.05) is 64.5 Å². The molecule has 0 aromatic heterocycles. The monoisotopic (exact) mass is 522 g/mol. The van der Waals surface area contributed by atoms with E-state index in [9.17, 15) is 15.0 Å². The Morgan fingerprint density at radius 2 is 1.76 bits per heavy atom. The van der Waals surface area contributed by atoms with Crippen LogP contribution < -0.4 is 0 Å². The van der Waals surface area contributed by atoms with Crippen molar-refractivity contribution in [2.75, 3.05) is 7.11 Å². The van der Waals surface area contributed by atoms with Gasteiger partial charge in [0.15, 0.2) is 0 Å². The van der Waals surface area contributed by atoms with E-state index in [2.05, 4.69) is 39.8 Å². The summed E-state index contributed by atoms with van der Waals surface area (Å²) in [6.45, 7) is 9.73. The highest BCUT2D eigenvalue weighted by atomic mass is 16.5. The van der Waals surface area contributed by atoms with Crippen molar-refractivity contribution in [3.05, 3.63) is 41.5 Å². The first-order valence-electron chi connectivity index (χ1n) is 15.4. The van der Waals surface area contributed by atoms with Crippen LogP contribution in [0.25, 0.3) is 6.08 Å². The molecule has 0 aliphatic heterocycles. The number of hydrogen-bond acceptors (Lipinski definition) is 4. The van der Waals surface area contributed by atoms with E-state index in [-0.39, 0.29) is 29.0 Å². The first-order chi connectivity index (χ1) is 18.2. The molecule has 4 aliphatic carbocycles. The van der Waals surface area contributed by atoms with Crippen LogP contribution in [0.2, 0.25) is 0 Å². The molecular weight excluding hydrogens is 472 g/mol. The van der Waals surface area contributed by atoms with Gasteiger partial charge < -0.3 is 14.9 Å². The molecule has 4 heteroatoms. The third kappa shape index (κ3) is 4.48. The largest absolute Gasteiger partial charge is 0.465 e. The van der Waals surface area contributed by atoms with Crippen LogP contribution >= 0.6 is 0 Å². The highest BCUT2D eigenvalue weighted by molar-refractivity contribution is 5.93. The first-order valence-corrected chi connectivity index (χ1v) is 15.4. The van der Waals surface area contributed by atoms with Gasteiger partial charge in [-0.3, -0.25) is 0 Å². The molecule has 2 unspecified atom stereocenters. The number of aliphatic hydroxyl groups is 2. The molecule has 0 bridgehead atoms. The molecule has 0 amide bonds. The Balaban J connectivity index is 1.33. The number of benzene rings is 1. The van der Waals surface area contributed by atoms with E-state index in [4.69, 9.17) is 4.74 Å². The fraction of sp³-hybridized carbons (Fsp3) is 0.735. The van der Waals surface area contributed by atoms with E-state index in [1.165, 1.54) is 32.8 Å². The van der Waals surface area contributed by atoms with Crippen molar-refractivity contribution in [1.82, 2.24) is 0 Å². The maximum atomic E-state index is 12.2. The number of carbonyl (C=O) groups is 1. The van der Waals surface area contributed by atoms with E-state index in [1.54, 1.807) is 0 Å². The van der Waals surface area contributed by atoms with E-state index < -0.39 is 0 Å². The maximum Gasteiger partial charge on any atom is 0.338 e. The van der Waals surface area contributed by atoms with Gasteiger partial charge in [-0.15, -0.1) is 0 Å². The molecule has 0 radical (unpaired) electrons. The lowest BCUT2D eigenvalue weighted by Crippen LogP contribution is -2.62. The molecule has 0 saturated heterocycles. The molecule has 38 heavy (non-hydrogen) atoms. The summed E-state index contributed by atoms with van der Waals surface area (Å²) in [6, 6.07) is 7.65. The summed E-state index contributed by atoms with van der Waals surface area (Å²) >= 11 is 0. The summed E-state index contributed by atoms with van der Waals surface area (Å²) in [6.07, 6.45) is 13.8. The molecular formula is C34H50O4. The highest BCUT2D eigenvalue weighted by Gasteiger charge is 2.64. The van der Waals surface area contributed by atoms with Crippen LogP contribution in [0.5, 0.6) is 0 Å². The quantitative estimate of drug-likeness (QED) is 0.390. The summed E-state index contributed by atoms with van der Waals surface area (Å²) < 4.78 is 4.97. The van der Waals surface area contributed by atoms with Crippen molar-refractivity contribution in [3.63, 3.8) is 0 Å². The Kier molecular flexibility index (Phi) is 7.88. The molecule has 4 aliphatic rings. The Hall–Kier alpha value is -1.65. The third-order valence-corrected chi connectivity index (χ3v) is 12.3. The van der Waals surface area contributed by atoms with Crippen LogP contribution in [-0.2, 0) is 4.74 Å². The highest BCUT2D eigenvalue weighted by Crippen LogP contribution is 2.69. The van der Waals surface area contributed by atoms with Gasteiger partial charge in [-0.2, -0.15) is 0 Å². The van der Waals surface area contributed by atoms with Gasteiger partial charge in [0.25, 0.3) is 0 Å². The minimum atomic E-state index is -0.291. The van der Waals surface area contributed by atoms with Gasteiger partial charge in [0.1, 0.15) is 0 Å². The lowest BCUT2D eigenvalue weighted by Gasteiger charge is -2.64. The minimum absolute atomic E-state index is 0.191. The minimum Gasteiger partial charge on any atom is -0.465 e. The second-order valence-electron chi connectivity index (χ2n) is 13.8. The topological polar surface area (TPSA) is 66.8 Å². The predicted molar refractivity (Wildman–Crippen MR) is 152 cm³/mol. The molecule has 0 spiro atoms. The first kappa shape index (κ1) is 27.9. The number of fused-ring (bicyclic) bond motifs is 5. The summed E-state index contributed by atoms with van der Waals surface area (Å²) in [7, 11) is 1.43. The molecule has 4 fully saturated rings. The lowest BCUT2D eigenvalue weighted by atomic mass is 9.41. The molecule has 11 atom stereocenters. The van der Waals surface area contributed by atoms with Gasteiger partial charge in [0.05, 0.1) is 24.9 Å². The summed E-state index contributed by atoms with van der Waals surface area (Å²) in [4.78, 5) is 12.2. The van der Waals surface area contributed by atoms with Crippen molar-refractivity contribution in [1.29, 1.82) is 0 Å². The van der Waals surface area contributed by atoms with Crippen LogP contribution in [-0.4, -0.2) is 35.5 Å². The van der Waals surface area contributed by atoms with Crippen molar-refractivity contribution in [2.45, 2.75) is 97.7 Å². The van der Waals surface area contributed by atoms with Gasteiger partial charge in [-0.25, -0.2) is 4.79 Å². The fourth-order valence-corrected chi connectivity index (χ4v) is 10.4. The average molecular weight is 523 g/mol. The van der Waals surface area contributed by atoms with Gasteiger partial charge in [-0.05, 0) is 115 Å². The molecule has 210 valence electrons. The molecule has 4 saturated carbocycles. The Bertz CT molecular complexity index is 1030. The smallest absolute Gasteiger partial charge is 0.338 e. The Labute approximate surface area is 230 Å². The zero-order valence-electron chi connectivity index (χ0n) is 24.2. The fourth-order valence-electron chi connectivity index (χ4n) is 10.4.